The van der Waals surface area contributed by atoms with Crippen LogP contribution in [0.1, 0.15) is 71.6 Å². The summed E-state index contributed by atoms with van der Waals surface area (Å²) < 4.78 is 0. The minimum Gasteiger partial charge on any atom is -0.364 e. The average Bonchev–Trinajstić information content (AvgIpc) is 2.94. The molecule has 1 aromatic rings. The summed E-state index contributed by atoms with van der Waals surface area (Å²) in [6.07, 6.45) is 10.1. The van der Waals surface area contributed by atoms with E-state index in [1.54, 1.807) is 0 Å². The number of hydrogen-bond donors (Lipinski definition) is 2. The van der Waals surface area contributed by atoms with Gasteiger partial charge in [0, 0.05) is 12.7 Å². The molecule has 4 heteroatoms. The molecule has 1 saturated heterocycles. The van der Waals surface area contributed by atoms with E-state index in [4.69, 9.17) is 5.73 Å². The Morgan fingerprint density at radius 3 is 2.91 bits per heavy atom. The van der Waals surface area contributed by atoms with Crippen molar-refractivity contribution in [3.05, 3.63) is 34.2 Å². The normalized spacial score (nSPS) is 24.1. The fourth-order valence-corrected chi connectivity index (χ4v) is 4.41. The number of piperidine rings is 1. The van der Waals surface area contributed by atoms with Gasteiger partial charge >= 0.3 is 0 Å². The third-order valence-electron chi connectivity index (χ3n) is 5.45. The Morgan fingerprint density at radius 1 is 1.27 bits per heavy atom. The van der Waals surface area contributed by atoms with Crippen LogP contribution in [0.3, 0.4) is 0 Å². The number of nitrogens with two attached hydrogens (primary N) is 1. The minimum atomic E-state index is -0.385. The van der Waals surface area contributed by atoms with Gasteiger partial charge in [0.05, 0.1) is 0 Å². The summed E-state index contributed by atoms with van der Waals surface area (Å²) in [4.78, 5) is 16.2. The highest BCUT2D eigenvalue weighted by Crippen LogP contribution is 2.45. The van der Waals surface area contributed by atoms with Crippen molar-refractivity contribution < 1.29 is 4.79 Å². The van der Waals surface area contributed by atoms with Gasteiger partial charge < -0.3 is 11.1 Å². The largest absolute Gasteiger partial charge is 0.364 e. The number of nitrogens with zero attached hydrogens (tertiary/aromatic N) is 1. The molecule has 1 aromatic heterocycles. The molecule has 22 heavy (non-hydrogen) atoms. The second-order valence-electron chi connectivity index (χ2n) is 6.79. The van der Waals surface area contributed by atoms with E-state index in [-0.39, 0.29) is 5.91 Å². The van der Waals surface area contributed by atoms with Gasteiger partial charge in [0.15, 0.2) is 0 Å². The van der Waals surface area contributed by atoms with Crippen molar-refractivity contribution in [3.8, 4) is 0 Å². The van der Waals surface area contributed by atoms with Crippen LogP contribution in [-0.2, 0) is 6.42 Å². The topological polar surface area (TPSA) is 68.0 Å². The molecule has 1 atom stereocenters. The van der Waals surface area contributed by atoms with Crippen molar-refractivity contribution in [1.29, 1.82) is 0 Å². The molecule has 3 N–H and O–H groups in total. The van der Waals surface area contributed by atoms with Crippen LogP contribution in [0.25, 0.3) is 5.57 Å². The Bertz CT molecular complexity index is 657. The van der Waals surface area contributed by atoms with Crippen molar-refractivity contribution in [2.24, 2.45) is 5.73 Å². The van der Waals surface area contributed by atoms with Crippen LogP contribution in [0.4, 0.5) is 0 Å². The lowest BCUT2D eigenvalue weighted by molar-refractivity contribution is 0.0994. The molecule has 4 rings (SSSR count). The molecule has 1 unspecified atom stereocenters. The first-order valence-corrected chi connectivity index (χ1v) is 8.49. The van der Waals surface area contributed by atoms with Gasteiger partial charge in [0.25, 0.3) is 5.91 Å². The fraction of sp³-hybridized carbons (Fsp3) is 0.556. The number of amides is 1. The molecule has 2 heterocycles. The van der Waals surface area contributed by atoms with Crippen molar-refractivity contribution in [2.75, 3.05) is 13.1 Å². The van der Waals surface area contributed by atoms with Gasteiger partial charge in [-0.2, -0.15) is 0 Å². The van der Waals surface area contributed by atoms with Crippen molar-refractivity contribution in [2.45, 2.75) is 50.9 Å². The molecular formula is C18H23N3O. The number of fused-ring (bicyclic) bond motifs is 2. The third-order valence-corrected chi connectivity index (χ3v) is 5.45. The Labute approximate surface area is 131 Å². The van der Waals surface area contributed by atoms with Crippen LogP contribution in [0.2, 0.25) is 0 Å². The first-order valence-electron chi connectivity index (χ1n) is 8.49. The van der Waals surface area contributed by atoms with E-state index in [2.05, 4.69) is 10.3 Å². The van der Waals surface area contributed by atoms with E-state index in [0.29, 0.717) is 11.6 Å². The molecule has 0 aromatic carbocycles. The first kappa shape index (κ1) is 13.9. The second-order valence-corrected chi connectivity index (χ2v) is 6.79. The van der Waals surface area contributed by atoms with Crippen LogP contribution in [-0.4, -0.2) is 24.0 Å². The quantitative estimate of drug-likeness (QED) is 0.881. The summed E-state index contributed by atoms with van der Waals surface area (Å²) in [5.74, 6) is 0.134. The average molecular weight is 297 g/mol. The maximum absolute atomic E-state index is 11.8. The van der Waals surface area contributed by atoms with Crippen LogP contribution < -0.4 is 11.1 Å². The molecule has 0 radical (unpaired) electrons. The van der Waals surface area contributed by atoms with Crippen LogP contribution in [0.5, 0.6) is 0 Å². The number of carbonyl (C=O) groups excluding carboxylic acids is 1. The SMILES string of the molecule is NC(=O)c1ncc(C2CCCNC2)c2c1CC1=C2CCCC1. The molecule has 116 valence electrons. The van der Waals surface area contributed by atoms with Gasteiger partial charge in [-0.1, -0.05) is 5.57 Å². The molecule has 0 spiro atoms. The summed E-state index contributed by atoms with van der Waals surface area (Å²) in [5.41, 5.74) is 12.9. The number of nitrogens with one attached hydrogen (secondary N) is 1. The maximum atomic E-state index is 11.8. The van der Waals surface area contributed by atoms with E-state index in [1.165, 1.54) is 54.4 Å². The molecular weight excluding hydrogens is 274 g/mol. The van der Waals surface area contributed by atoms with Gasteiger partial charge in [0.2, 0.25) is 0 Å². The highest BCUT2D eigenvalue weighted by molar-refractivity contribution is 5.96. The summed E-state index contributed by atoms with van der Waals surface area (Å²) in [7, 11) is 0. The number of allylic oxidation sites excluding steroid dienone is 2. The lowest BCUT2D eigenvalue weighted by Crippen LogP contribution is -2.29. The molecule has 1 amide bonds. The van der Waals surface area contributed by atoms with Gasteiger partial charge in [-0.25, -0.2) is 0 Å². The van der Waals surface area contributed by atoms with Crippen molar-refractivity contribution in [1.82, 2.24) is 10.3 Å². The summed E-state index contributed by atoms with van der Waals surface area (Å²) >= 11 is 0. The summed E-state index contributed by atoms with van der Waals surface area (Å²) in [6, 6.07) is 0. The Kier molecular flexibility index (Phi) is 3.49. The number of hydrogen-bond acceptors (Lipinski definition) is 3. The molecule has 0 bridgehead atoms. The molecule has 2 aliphatic carbocycles. The maximum Gasteiger partial charge on any atom is 0.267 e. The molecule has 0 saturated carbocycles. The number of carbonyl (C=O) groups is 1. The second kappa shape index (κ2) is 5.51. The zero-order chi connectivity index (χ0) is 15.1. The highest BCUT2D eigenvalue weighted by Gasteiger charge is 2.32. The Hall–Kier alpha value is -1.68. The van der Waals surface area contributed by atoms with Crippen molar-refractivity contribution in [3.63, 3.8) is 0 Å². The van der Waals surface area contributed by atoms with Crippen LogP contribution in [0.15, 0.2) is 11.8 Å². The number of rotatable bonds is 2. The predicted octanol–water partition coefficient (Wildman–Crippen LogP) is 2.53. The zero-order valence-corrected chi connectivity index (χ0v) is 13.0. The molecule has 3 aliphatic rings. The van der Waals surface area contributed by atoms with Gasteiger partial charge in [-0.15, -0.1) is 0 Å². The molecule has 4 nitrogen and oxygen atoms in total. The van der Waals surface area contributed by atoms with E-state index in [0.717, 1.165) is 31.5 Å². The minimum absolute atomic E-state index is 0.385. The van der Waals surface area contributed by atoms with Gasteiger partial charge in [-0.05, 0) is 79.7 Å². The lowest BCUT2D eigenvalue weighted by atomic mass is 9.84. The zero-order valence-electron chi connectivity index (χ0n) is 13.0. The van der Waals surface area contributed by atoms with Gasteiger partial charge in [0.1, 0.15) is 5.69 Å². The van der Waals surface area contributed by atoms with Crippen LogP contribution >= 0.6 is 0 Å². The molecule has 1 aliphatic heterocycles. The van der Waals surface area contributed by atoms with E-state index in [1.807, 2.05) is 6.20 Å². The smallest absolute Gasteiger partial charge is 0.267 e. The Balaban J connectivity index is 1.85. The third kappa shape index (κ3) is 2.17. The van der Waals surface area contributed by atoms with E-state index >= 15 is 0 Å². The predicted molar refractivity (Wildman–Crippen MR) is 86.7 cm³/mol. The summed E-state index contributed by atoms with van der Waals surface area (Å²) in [5, 5.41) is 3.50. The lowest BCUT2D eigenvalue weighted by Gasteiger charge is -2.26. The summed E-state index contributed by atoms with van der Waals surface area (Å²) in [6.45, 7) is 2.13. The Morgan fingerprint density at radius 2 is 2.14 bits per heavy atom. The number of aromatic nitrogens is 1. The van der Waals surface area contributed by atoms with Gasteiger partial charge in [-0.3, -0.25) is 9.78 Å². The standard InChI is InChI=1S/C18H23N3O/c19-18(22)17-14-8-11-4-1-2-6-13(11)16(14)15(10-21-17)12-5-3-7-20-9-12/h10,12,20H,1-9H2,(H2,19,22). The van der Waals surface area contributed by atoms with Crippen LogP contribution in [0, 0.1) is 0 Å². The highest BCUT2D eigenvalue weighted by atomic mass is 16.1. The number of pyridine rings is 1. The fourth-order valence-electron chi connectivity index (χ4n) is 4.41. The monoisotopic (exact) mass is 297 g/mol. The molecule has 1 fully saturated rings. The number of primary amides is 1. The van der Waals surface area contributed by atoms with Crippen molar-refractivity contribution >= 4 is 11.5 Å². The van der Waals surface area contributed by atoms with E-state index in [9.17, 15) is 4.79 Å². The first-order chi connectivity index (χ1) is 10.8. The van der Waals surface area contributed by atoms with E-state index < -0.39 is 0 Å².